The molecule has 2 N–H and O–H groups in total. The van der Waals surface area contributed by atoms with E-state index in [1.807, 2.05) is 55.7 Å². The predicted octanol–water partition coefficient (Wildman–Crippen LogP) is 4.24. The van der Waals surface area contributed by atoms with E-state index >= 15 is 0 Å². The smallest absolute Gasteiger partial charge is 0.0573 e. The number of nitrogens with two attached hydrogens (primary N) is 1. The van der Waals surface area contributed by atoms with Crippen molar-refractivity contribution in [1.29, 1.82) is 0 Å². The van der Waals surface area contributed by atoms with Gasteiger partial charge in [-0.2, -0.15) is 0 Å². The first-order valence-corrected chi connectivity index (χ1v) is 6.89. The Kier molecular flexibility index (Phi) is 3.43. The Morgan fingerprint density at radius 1 is 1.10 bits per heavy atom. The molecular weight excluding hydrogens is 268 g/mol. The van der Waals surface area contributed by atoms with Gasteiger partial charge < -0.3 is 5.73 Å². The maximum absolute atomic E-state index is 6.40. The van der Waals surface area contributed by atoms with E-state index in [1.54, 1.807) is 0 Å². The molecule has 3 rings (SSSR count). The maximum atomic E-state index is 6.40. The van der Waals surface area contributed by atoms with Gasteiger partial charge in [-0.05, 0) is 35.1 Å². The maximum Gasteiger partial charge on any atom is 0.0573 e. The summed E-state index contributed by atoms with van der Waals surface area (Å²) in [4.78, 5) is 4.29. The zero-order chi connectivity index (χ0) is 14.1. The van der Waals surface area contributed by atoms with Crippen molar-refractivity contribution in [2.45, 2.75) is 13.0 Å². The molecule has 1 unspecified atom stereocenters. The molecule has 0 aliphatic rings. The number of hydrogen-bond acceptors (Lipinski definition) is 2. The van der Waals surface area contributed by atoms with Gasteiger partial charge in [-0.1, -0.05) is 48.0 Å². The third kappa shape index (κ3) is 2.28. The summed E-state index contributed by atoms with van der Waals surface area (Å²) < 4.78 is 0. The zero-order valence-corrected chi connectivity index (χ0v) is 11.9. The average molecular weight is 283 g/mol. The van der Waals surface area contributed by atoms with Gasteiger partial charge in [0.05, 0.1) is 6.04 Å². The summed E-state index contributed by atoms with van der Waals surface area (Å²) in [5.41, 5.74) is 9.47. The molecular formula is C17H15ClN2. The minimum Gasteiger partial charge on any atom is -0.320 e. The molecule has 2 aromatic carbocycles. The molecule has 0 spiro atoms. The van der Waals surface area contributed by atoms with E-state index in [-0.39, 0.29) is 6.04 Å². The minimum absolute atomic E-state index is 0.230. The highest BCUT2D eigenvalue weighted by Crippen LogP contribution is 2.28. The summed E-state index contributed by atoms with van der Waals surface area (Å²) in [5.74, 6) is 0. The van der Waals surface area contributed by atoms with Crippen LogP contribution in [-0.4, -0.2) is 4.98 Å². The Labute approximate surface area is 123 Å². The summed E-state index contributed by atoms with van der Waals surface area (Å²) >= 11 is 6.19. The molecule has 1 heterocycles. The van der Waals surface area contributed by atoms with Crippen LogP contribution in [0.3, 0.4) is 0 Å². The lowest BCUT2D eigenvalue weighted by atomic mass is 9.96. The van der Waals surface area contributed by atoms with Crippen LogP contribution in [0.15, 0.2) is 54.9 Å². The predicted molar refractivity (Wildman–Crippen MR) is 84.0 cm³/mol. The number of aromatic nitrogens is 1. The molecule has 1 atom stereocenters. The van der Waals surface area contributed by atoms with Gasteiger partial charge >= 0.3 is 0 Å². The first-order valence-electron chi connectivity index (χ1n) is 6.51. The molecule has 0 aliphatic heterocycles. The first kappa shape index (κ1) is 13.1. The Hall–Kier alpha value is -1.90. The van der Waals surface area contributed by atoms with Gasteiger partial charge in [0.25, 0.3) is 0 Å². The van der Waals surface area contributed by atoms with Crippen LogP contribution in [0.25, 0.3) is 10.8 Å². The highest BCUT2D eigenvalue weighted by atomic mass is 35.5. The Morgan fingerprint density at radius 2 is 1.90 bits per heavy atom. The van der Waals surface area contributed by atoms with Gasteiger partial charge in [0.2, 0.25) is 0 Å². The van der Waals surface area contributed by atoms with Crippen molar-refractivity contribution in [3.05, 3.63) is 76.6 Å². The van der Waals surface area contributed by atoms with E-state index in [4.69, 9.17) is 17.3 Å². The molecule has 0 bridgehead atoms. The number of rotatable bonds is 2. The molecule has 0 saturated carbocycles. The SMILES string of the molecule is Cc1ccc(C(N)c2cncc3ccccc23)cc1Cl. The normalized spacial score (nSPS) is 12.6. The van der Waals surface area contributed by atoms with Crippen molar-refractivity contribution in [1.82, 2.24) is 4.98 Å². The van der Waals surface area contributed by atoms with Gasteiger partial charge in [0, 0.05) is 22.8 Å². The van der Waals surface area contributed by atoms with E-state index in [0.29, 0.717) is 0 Å². The largest absolute Gasteiger partial charge is 0.320 e. The minimum atomic E-state index is -0.230. The second kappa shape index (κ2) is 5.23. The van der Waals surface area contributed by atoms with Crippen LogP contribution < -0.4 is 5.73 Å². The van der Waals surface area contributed by atoms with E-state index in [9.17, 15) is 0 Å². The molecule has 0 fully saturated rings. The van der Waals surface area contributed by atoms with Crippen molar-refractivity contribution in [3.8, 4) is 0 Å². The summed E-state index contributed by atoms with van der Waals surface area (Å²) in [7, 11) is 0. The monoisotopic (exact) mass is 282 g/mol. The van der Waals surface area contributed by atoms with Crippen molar-refractivity contribution in [3.63, 3.8) is 0 Å². The van der Waals surface area contributed by atoms with E-state index in [0.717, 1.165) is 32.5 Å². The van der Waals surface area contributed by atoms with Crippen LogP contribution in [0.5, 0.6) is 0 Å². The van der Waals surface area contributed by atoms with Crippen molar-refractivity contribution >= 4 is 22.4 Å². The lowest BCUT2D eigenvalue weighted by molar-refractivity contribution is 0.873. The summed E-state index contributed by atoms with van der Waals surface area (Å²) in [6.07, 6.45) is 3.69. The average Bonchev–Trinajstić information content (AvgIpc) is 2.49. The number of benzene rings is 2. The zero-order valence-electron chi connectivity index (χ0n) is 11.2. The molecule has 0 aliphatic carbocycles. The topological polar surface area (TPSA) is 38.9 Å². The molecule has 0 amide bonds. The fourth-order valence-corrected chi connectivity index (χ4v) is 2.56. The van der Waals surface area contributed by atoms with Gasteiger partial charge in [0.15, 0.2) is 0 Å². The summed E-state index contributed by atoms with van der Waals surface area (Å²) in [6, 6.07) is 13.9. The van der Waals surface area contributed by atoms with Crippen LogP contribution in [-0.2, 0) is 0 Å². The number of hydrogen-bond donors (Lipinski definition) is 1. The highest BCUT2D eigenvalue weighted by Gasteiger charge is 2.13. The van der Waals surface area contributed by atoms with E-state index in [2.05, 4.69) is 11.1 Å². The fourth-order valence-electron chi connectivity index (χ4n) is 2.37. The summed E-state index contributed by atoms with van der Waals surface area (Å²) in [6.45, 7) is 1.98. The van der Waals surface area contributed by atoms with Crippen LogP contribution in [0.2, 0.25) is 5.02 Å². The lowest BCUT2D eigenvalue weighted by Gasteiger charge is -2.15. The molecule has 2 nitrogen and oxygen atoms in total. The second-order valence-electron chi connectivity index (χ2n) is 4.94. The molecule has 100 valence electrons. The molecule has 3 heteroatoms. The number of pyridine rings is 1. The van der Waals surface area contributed by atoms with Crippen LogP contribution in [0.4, 0.5) is 0 Å². The fraction of sp³-hybridized carbons (Fsp3) is 0.118. The number of fused-ring (bicyclic) bond motifs is 1. The first-order chi connectivity index (χ1) is 9.66. The van der Waals surface area contributed by atoms with Crippen LogP contribution >= 0.6 is 11.6 Å². The number of aryl methyl sites for hydroxylation is 1. The number of nitrogens with zero attached hydrogens (tertiary/aromatic N) is 1. The van der Waals surface area contributed by atoms with Gasteiger partial charge in [0.1, 0.15) is 0 Å². The van der Waals surface area contributed by atoms with Crippen molar-refractivity contribution < 1.29 is 0 Å². The second-order valence-corrected chi connectivity index (χ2v) is 5.34. The Morgan fingerprint density at radius 3 is 2.70 bits per heavy atom. The Bertz CT molecular complexity index is 763. The van der Waals surface area contributed by atoms with Gasteiger partial charge in [-0.3, -0.25) is 4.98 Å². The van der Waals surface area contributed by atoms with Crippen molar-refractivity contribution in [2.24, 2.45) is 5.73 Å². The van der Waals surface area contributed by atoms with Crippen LogP contribution in [0.1, 0.15) is 22.7 Å². The Balaban J connectivity index is 2.12. The lowest BCUT2D eigenvalue weighted by Crippen LogP contribution is -2.12. The molecule has 1 aromatic heterocycles. The quantitative estimate of drug-likeness (QED) is 0.763. The van der Waals surface area contributed by atoms with Gasteiger partial charge in [-0.15, -0.1) is 0 Å². The standard InChI is InChI=1S/C17H15ClN2/c1-11-6-7-12(8-16(11)18)17(19)15-10-20-9-13-4-2-3-5-14(13)15/h2-10,17H,19H2,1H3. The molecule has 0 radical (unpaired) electrons. The van der Waals surface area contributed by atoms with E-state index in [1.165, 1.54) is 0 Å². The third-order valence-electron chi connectivity index (χ3n) is 3.59. The summed E-state index contributed by atoms with van der Waals surface area (Å²) in [5, 5.41) is 2.97. The third-order valence-corrected chi connectivity index (χ3v) is 4.00. The van der Waals surface area contributed by atoms with Crippen molar-refractivity contribution in [2.75, 3.05) is 0 Å². The molecule has 20 heavy (non-hydrogen) atoms. The van der Waals surface area contributed by atoms with Crippen LogP contribution in [0, 0.1) is 6.92 Å². The van der Waals surface area contributed by atoms with Gasteiger partial charge in [-0.25, -0.2) is 0 Å². The van der Waals surface area contributed by atoms with E-state index < -0.39 is 0 Å². The number of halogens is 1. The highest BCUT2D eigenvalue weighted by molar-refractivity contribution is 6.31. The molecule has 0 saturated heterocycles. The molecule has 3 aromatic rings.